The number of rotatable bonds is 1. The largest absolute Gasteiger partial charge is 0.294 e. The van der Waals surface area contributed by atoms with Gasteiger partial charge in [0.1, 0.15) is 0 Å². The average Bonchev–Trinajstić information content (AvgIpc) is 2.92. The number of hydrogen-bond donors (Lipinski definition) is 0. The van der Waals surface area contributed by atoms with Crippen molar-refractivity contribution in [2.45, 2.75) is 57.8 Å². The molecule has 1 unspecified atom stereocenters. The molecule has 0 radical (unpaired) electrons. The number of nitrogens with zero attached hydrogens (tertiary/aromatic N) is 4. The van der Waals surface area contributed by atoms with Crippen molar-refractivity contribution < 1.29 is 4.79 Å². The summed E-state index contributed by atoms with van der Waals surface area (Å²) in [7, 11) is 0. The van der Waals surface area contributed by atoms with Gasteiger partial charge in [-0.2, -0.15) is 4.98 Å². The van der Waals surface area contributed by atoms with Crippen LogP contribution in [0.15, 0.2) is 6.20 Å². The maximum Gasteiger partial charge on any atom is 0.252 e. The first-order valence-corrected chi connectivity index (χ1v) is 8.00. The van der Waals surface area contributed by atoms with Crippen molar-refractivity contribution in [2.75, 3.05) is 0 Å². The predicted octanol–water partition coefficient (Wildman–Crippen LogP) is 2.94. The second-order valence-electron chi connectivity index (χ2n) is 6.57. The summed E-state index contributed by atoms with van der Waals surface area (Å²) in [6.45, 7) is 2.12. The van der Waals surface area contributed by atoms with E-state index < -0.39 is 0 Å². The van der Waals surface area contributed by atoms with Gasteiger partial charge in [0, 0.05) is 18.5 Å². The van der Waals surface area contributed by atoms with Gasteiger partial charge in [-0.25, -0.2) is 9.50 Å². The van der Waals surface area contributed by atoms with Crippen molar-refractivity contribution in [1.82, 2.24) is 19.6 Å². The highest BCUT2D eigenvalue weighted by atomic mass is 16.1. The van der Waals surface area contributed by atoms with Crippen LogP contribution in [0.3, 0.4) is 0 Å². The lowest BCUT2D eigenvalue weighted by Crippen LogP contribution is -2.22. The Balaban J connectivity index is 1.80. The molecule has 2 aliphatic carbocycles. The molecule has 0 saturated heterocycles. The van der Waals surface area contributed by atoms with Crippen LogP contribution in [0.1, 0.15) is 73.2 Å². The molecule has 5 nitrogen and oxygen atoms in total. The predicted molar refractivity (Wildman–Crippen MR) is 78.4 cm³/mol. The van der Waals surface area contributed by atoms with E-state index in [9.17, 15) is 4.79 Å². The first-order chi connectivity index (χ1) is 10.2. The quantitative estimate of drug-likeness (QED) is 0.807. The number of aromatic nitrogens is 4. The third-order valence-corrected chi connectivity index (χ3v) is 4.83. The lowest BCUT2D eigenvalue weighted by Gasteiger charge is -2.20. The van der Waals surface area contributed by atoms with E-state index in [1.165, 1.54) is 32.1 Å². The van der Waals surface area contributed by atoms with Crippen LogP contribution in [0.2, 0.25) is 0 Å². The van der Waals surface area contributed by atoms with Gasteiger partial charge in [-0.15, -0.1) is 5.10 Å². The Kier molecular flexibility index (Phi) is 3.01. The van der Waals surface area contributed by atoms with Gasteiger partial charge in [-0.05, 0) is 25.2 Å². The van der Waals surface area contributed by atoms with Gasteiger partial charge >= 0.3 is 0 Å². The molecule has 1 fully saturated rings. The third kappa shape index (κ3) is 2.15. The van der Waals surface area contributed by atoms with E-state index >= 15 is 0 Å². The Morgan fingerprint density at radius 2 is 2.00 bits per heavy atom. The van der Waals surface area contributed by atoms with E-state index in [1.807, 2.05) is 4.52 Å². The maximum absolute atomic E-state index is 12.1. The number of carbonyl (C=O) groups excluding carboxylic acids is 1. The van der Waals surface area contributed by atoms with Gasteiger partial charge in [-0.3, -0.25) is 4.79 Å². The molecule has 2 aromatic heterocycles. The van der Waals surface area contributed by atoms with Crippen molar-refractivity contribution in [2.24, 2.45) is 5.92 Å². The SMILES string of the molecule is CC1CC(=O)c2cnc3nc(C4CCCCC4)nn3c2C1. The Labute approximate surface area is 123 Å². The summed E-state index contributed by atoms with van der Waals surface area (Å²) in [4.78, 5) is 21.1. The van der Waals surface area contributed by atoms with Crippen molar-refractivity contribution in [3.05, 3.63) is 23.3 Å². The first-order valence-electron chi connectivity index (χ1n) is 8.00. The van der Waals surface area contributed by atoms with Crippen molar-refractivity contribution in [3.8, 4) is 0 Å². The van der Waals surface area contributed by atoms with Crippen LogP contribution in [-0.4, -0.2) is 25.4 Å². The average molecular weight is 284 g/mol. The molecule has 0 aromatic carbocycles. The van der Waals surface area contributed by atoms with E-state index in [1.54, 1.807) is 6.20 Å². The molecule has 0 aliphatic heterocycles. The number of ketones is 1. The monoisotopic (exact) mass is 284 g/mol. The molecular formula is C16H20N4O. The fourth-order valence-corrected chi connectivity index (χ4v) is 3.69. The second-order valence-corrected chi connectivity index (χ2v) is 6.57. The standard InChI is InChI=1S/C16H20N4O/c1-10-7-13-12(14(21)8-10)9-17-16-18-15(19-20(13)16)11-5-3-2-4-6-11/h9-11H,2-8H2,1H3. The van der Waals surface area contributed by atoms with Gasteiger partial charge in [0.15, 0.2) is 11.6 Å². The Morgan fingerprint density at radius 1 is 1.19 bits per heavy atom. The van der Waals surface area contributed by atoms with Crippen LogP contribution in [0, 0.1) is 5.92 Å². The van der Waals surface area contributed by atoms with E-state index in [0.717, 1.165) is 23.5 Å². The molecule has 1 atom stereocenters. The maximum atomic E-state index is 12.1. The highest BCUT2D eigenvalue weighted by Crippen LogP contribution is 2.31. The van der Waals surface area contributed by atoms with Gasteiger partial charge in [0.25, 0.3) is 5.78 Å². The summed E-state index contributed by atoms with van der Waals surface area (Å²) in [6.07, 6.45) is 9.39. The summed E-state index contributed by atoms with van der Waals surface area (Å²) in [5, 5.41) is 4.71. The normalized spacial score (nSPS) is 23.5. The fraction of sp³-hybridized carbons (Fsp3) is 0.625. The molecule has 0 spiro atoms. The number of hydrogen-bond acceptors (Lipinski definition) is 4. The molecular weight excluding hydrogens is 264 g/mol. The van der Waals surface area contributed by atoms with Gasteiger partial charge in [0.05, 0.1) is 11.3 Å². The smallest absolute Gasteiger partial charge is 0.252 e. The summed E-state index contributed by atoms with van der Waals surface area (Å²) in [5.74, 6) is 2.59. The van der Waals surface area contributed by atoms with Crippen molar-refractivity contribution >= 4 is 11.6 Å². The minimum absolute atomic E-state index is 0.188. The second kappa shape index (κ2) is 4.90. The zero-order valence-corrected chi connectivity index (χ0v) is 12.4. The fourth-order valence-electron chi connectivity index (χ4n) is 3.69. The molecule has 0 N–H and O–H groups in total. The minimum Gasteiger partial charge on any atom is -0.294 e. The Hall–Kier alpha value is -1.78. The van der Waals surface area contributed by atoms with Crippen LogP contribution >= 0.6 is 0 Å². The van der Waals surface area contributed by atoms with Crippen LogP contribution in [0.25, 0.3) is 5.78 Å². The topological polar surface area (TPSA) is 60.2 Å². The van der Waals surface area contributed by atoms with Crippen LogP contribution in [0.5, 0.6) is 0 Å². The summed E-state index contributed by atoms with van der Waals surface area (Å²) < 4.78 is 1.83. The summed E-state index contributed by atoms with van der Waals surface area (Å²) >= 11 is 0. The highest BCUT2D eigenvalue weighted by Gasteiger charge is 2.27. The molecule has 1 saturated carbocycles. The molecule has 2 heterocycles. The third-order valence-electron chi connectivity index (χ3n) is 4.83. The molecule has 0 bridgehead atoms. The van der Waals surface area contributed by atoms with E-state index in [0.29, 0.717) is 24.0 Å². The molecule has 21 heavy (non-hydrogen) atoms. The number of carbonyl (C=O) groups is 1. The first kappa shape index (κ1) is 12.9. The molecule has 2 aromatic rings. The summed E-state index contributed by atoms with van der Waals surface area (Å²) in [5.41, 5.74) is 1.74. The van der Waals surface area contributed by atoms with Gasteiger partial charge in [0.2, 0.25) is 0 Å². The molecule has 110 valence electrons. The van der Waals surface area contributed by atoms with Crippen LogP contribution in [-0.2, 0) is 6.42 Å². The lowest BCUT2D eigenvalue weighted by atomic mass is 9.88. The van der Waals surface area contributed by atoms with Gasteiger partial charge < -0.3 is 0 Å². The van der Waals surface area contributed by atoms with E-state index in [-0.39, 0.29) is 5.78 Å². The Bertz CT molecular complexity index is 700. The van der Waals surface area contributed by atoms with Gasteiger partial charge in [-0.1, -0.05) is 26.2 Å². The number of Topliss-reactive ketones (excluding diaryl/α,β-unsaturated/α-hetero) is 1. The van der Waals surface area contributed by atoms with Crippen LogP contribution < -0.4 is 0 Å². The highest BCUT2D eigenvalue weighted by molar-refractivity contribution is 5.98. The minimum atomic E-state index is 0.188. The van der Waals surface area contributed by atoms with E-state index in [2.05, 4.69) is 16.9 Å². The van der Waals surface area contributed by atoms with Crippen molar-refractivity contribution in [3.63, 3.8) is 0 Å². The molecule has 0 amide bonds. The van der Waals surface area contributed by atoms with Crippen LogP contribution in [0.4, 0.5) is 0 Å². The lowest BCUT2D eigenvalue weighted by molar-refractivity contribution is 0.0951. The molecule has 5 heteroatoms. The molecule has 4 rings (SSSR count). The van der Waals surface area contributed by atoms with Crippen molar-refractivity contribution in [1.29, 1.82) is 0 Å². The van der Waals surface area contributed by atoms with E-state index in [4.69, 9.17) is 5.10 Å². The zero-order valence-electron chi connectivity index (χ0n) is 12.4. The zero-order chi connectivity index (χ0) is 14.4. The molecule has 2 aliphatic rings. The summed E-state index contributed by atoms with van der Waals surface area (Å²) in [6, 6.07) is 0. The Morgan fingerprint density at radius 3 is 2.81 bits per heavy atom. The number of fused-ring (bicyclic) bond motifs is 3.